The summed E-state index contributed by atoms with van der Waals surface area (Å²) < 4.78 is 27.0. The molecule has 59 heavy (non-hydrogen) atoms. The minimum Gasteiger partial charge on any atom is -0.481 e. The van der Waals surface area contributed by atoms with Crippen LogP contribution in [0.25, 0.3) is 44.8 Å². The number of carboxylic acid groups (broad SMARTS) is 1. The second-order valence-corrected chi connectivity index (χ2v) is 16.4. The van der Waals surface area contributed by atoms with Gasteiger partial charge in [-0.25, -0.2) is 18.7 Å². The highest BCUT2D eigenvalue weighted by atomic mass is 35.5. The molecule has 2 aliphatic rings. The largest absolute Gasteiger partial charge is 0.481 e. The van der Waals surface area contributed by atoms with E-state index in [-0.39, 0.29) is 29.4 Å². The number of imidazole rings is 2. The van der Waals surface area contributed by atoms with E-state index in [2.05, 4.69) is 34.6 Å². The Morgan fingerprint density at radius 1 is 0.695 bits per heavy atom. The number of aliphatic carboxylic acids is 1. The lowest BCUT2D eigenvalue weighted by Gasteiger charge is -2.35. The molecule has 15 heteroatoms. The average Bonchev–Trinajstić information content (AvgIpc) is 3.85. The van der Waals surface area contributed by atoms with Crippen LogP contribution < -0.4 is 9.80 Å². The Bertz CT molecular complexity index is 2440. The van der Waals surface area contributed by atoms with E-state index in [1.165, 1.54) is 24.3 Å². The summed E-state index contributed by atoms with van der Waals surface area (Å²) in [4.78, 5) is 47.8. The summed E-state index contributed by atoms with van der Waals surface area (Å²) in [6.45, 7) is 4.77. The van der Waals surface area contributed by atoms with Crippen molar-refractivity contribution in [3.63, 3.8) is 0 Å². The third-order valence-corrected chi connectivity index (χ3v) is 11.9. The first kappa shape index (κ1) is 41.9. The predicted molar refractivity (Wildman–Crippen MR) is 231 cm³/mol. The first-order valence-electron chi connectivity index (χ1n) is 19.9. The molecule has 0 aliphatic carbocycles. The molecule has 4 aromatic carbocycles. The monoisotopic (exact) mass is 844 g/mol. The Morgan fingerprint density at radius 3 is 1.59 bits per heavy atom. The maximum Gasteiger partial charge on any atom is 0.306 e. The number of nitrogens with zero attached hydrogens (tertiary/aromatic N) is 6. The summed E-state index contributed by atoms with van der Waals surface area (Å²) in [5, 5.41) is 10.3. The highest BCUT2D eigenvalue weighted by molar-refractivity contribution is 6.33. The molecule has 11 nitrogen and oxygen atoms in total. The van der Waals surface area contributed by atoms with E-state index in [1.54, 1.807) is 12.1 Å². The van der Waals surface area contributed by atoms with Gasteiger partial charge < -0.3 is 34.7 Å². The Kier molecular flexibility index (Phi) is 13.0. The molecule has 3 N–H and O–H groups in total. The van der Waals surface area contributed by atoms with Crippen LogP contribution in [0, 0.1) is 23.5 Å². The van der Waals surface area contributed by atoms with Gasteiger partial charge in [-0.15, -0.1) is 0 Å². The number of carbonyl (C=O) groups is 2. The van der Waals surface area contributed by atoms with E-state index in [1.807, 2.05) is 62.4 Å². The fourth-order valence-electron chi connectivity index (χ4n) is 7.82. The first-order valence-corrected chi connectivity index (χ1v) is 20.6. The molecule has 310 valence electrons. The standard InChI is InChI=1S/C25H31ClFN5O.C19H17ClFN3O2/c1-30(2)11-4-12-31(3)25(33)17-9-13-32(14-10-17)19-6-7-21(26)20(16-19)24-28-22-8-5-18(27)15-23(22)29-24;20-15-3-2-13(24-7-5-11(6-8-24)19(25)26)10-14(15)18-22-16-4-1-12(21)9-17(16)23-18/h5-8,15-17H,4,9-14H2,1-3H3,(H,28,29);1-4,9-11H,5-8H2,(H,22,23)(H,25,26). The number of rotatable bonds is 10. The number of amides is 1. The highest BCUT2D eigenvalue weighted by Gasteiger charge is 2.28. The third kappa shape index (κ3) is 9.97. The molecule has 1 amide bonds. The van der Waals surface area contributed by atoms with E-state index in [0.717, 1.165) is 67.9 Å². The third-order valence-electron chi connectivity index (χ3n) is 11.2. The smallest absolute Gasteiger partial charge is 0.306 e. The number of aromatic nitrogens is 4. The van der Waals surface area contributed by atoms with Crippen molar-refractivity contribution in [1.82, 2.24) is 29.7 Å². The Hall–Kier alpha value is -5.24. The quantitative estimate of drug-likeness (QED) is 0.125. The van der Waals surface area contributed by atoms with Crippen molar-refractivity contribution < 1.29 is 23.5 Å². The van der Waals surface area contributed by atoms with Crippen molar-refractivity contribution in [1.29, 1.82) is 0 Å². The number of hydrogen-bond donors (Lipinski definition) is 3. The van der Waals surface area contributed by atoms with Gasteiger partial charge in [0.25, 0.3) is 0 Å². The van der Waals surface area contributed by atoms with Crippen molar-refractivity contribution in [3.05, 3.63) is 94.5 Å². The molecule has 0 atom stereocenters. The zero-order chi connectivity index (χ0) is 41.8. The lowest BCUT2D eigenvalue weighted by Crippen LogP contribution is -2.41. The molecule has 0 radical (unpaired) electrons. The van der Waals surface area contributed by atoms with Gasteiger partial charge in [-0.1, -0.05) is 23.2 Å². The van der Waals surface area contributed by atoms with Gasteiger partial charge in [0.15, 0.2) is 0 Å². The number of benzene rings is 4. The van der Waals surface area contributed by atoms with Gasteiger partial charge in [-0.3, -0.25) is 9.59 Å². The van der Waals surface area contributed by atoms with Crippen molar-refractivity contribution in [2.75, 3.05) is 70.2 Å². The maximum atomic E-state index is 13.6. The van der Waals surface area contributed by atoms with E-state index in [9.17, 15) is 18.4 Å². The van der Waals surface area contributed by atoms with Gasteiger partial charge in [-0.2, -0.15) is 0 Å². The van der Waals surface area contributed by atoms with Gasteiger partial charge >= 0.3 is 5.97 Å². The normalized spacial score (nSPS) is 15.2. The van der Waals surface area contributed by atoms with E-state index >= 15 is 0 Å². The molecule has 2 saturated heterocycles. The van der Waals surface area contributed by atoms with Crippen molar-refractivity contribution >= 4 is 68.5 Å². The Labute approximate surface area is 351 Å². The zero-order valence-corrected chi connectivity index (χ0v) is 34.8. The fourth-order valence-corrected chi connectivity index (χ4v) is 8.23. The number of piperidine rings is 2. The second kappa shape index (κ2) is 18.4. The summed E-state index contributed by atoms with van der Waals surface area (Å²) in [6.07, 6.45) is 3.89. The number of aromatic amines is 2. The number of nitrogens with one attached hydrogen (secondary N) is 2. The number of hydrogen-bond acceptors (Lipinski definition) is 7. The highest BCUT2D eigenvalue weighted by Crippen LogP contribution is 2.35. The molecule has 0 bridgehead atoms. The summed E-state index contributed by atoms with van der Waals surface area (Å²) in [5.41, 5.74) is 6.16. The fraction of sp³-hybridized carbons (Fsp3) is 0.364. The first-order chi connectivity index (χ1) is 28.3. The van der Waals surface area contributed by atoms with E-state index in [0.29, 0.717) is 69.7 Å². The molecule has 0 saturated carbocycles. The van der Waals surface area contributed by atoms with E-state index < -0.39 is 5.97 Å². The van der Waals surface area contributed by atoms with Crippen molar-refractivity contribution in [2.24, 2.45) is 11.8 Å². The number of fused-ring (bicyclic) bond motifs is 2. The zero-order valence-electron chi connectivity index (χ0n) is 33.3. The predicted octanol–water partition coefficient (Wildman–Crippen LogP) is 8.97. The van der Waals surface area contributed by atoms with Crippen LogP contribution in [0.15, 0.2) is 72.8 Å². The second-order valence-electron chi connectivity index (χ2n) is 15.6. The molecule has 2 aliphatic heterocycles. The van der Waals surface area contributed by atoms with Crippen molar-refractivity contribution in [2.45, 2.75) is 32.1 Å². The van der Waals surface area contributed by atoms with Crippen LogP contribution >= 0.6 is 23.2 Å². The van der Waals surface area contributed by atoms with Crippen LogP contribution in [-0.4, -0.2) is 107 Å². The molecule has 2 aromatic heterocycles. The SMILES string of the molecule is CN(C)CCCN(C)C(=O)C1CCN(c2ccc(Cl)c(-c3nc4ccc(F)cc4[nH]3)c2)CC1.O=C(O)C1CCN(c2ccc(Cl)c(-c3nc4ccc(F)cc4[nH]3)c2)CC1. The number of H-pyrrole nitrogens is 2. The van der Waals surface area contributed by atoms with E-state index in [4.69, 9.17) is 28.3 Å². The minimum absolute atomic E-state index is 0.0719. The van der Waals surface area contributed by atoms with Gasteiger partial charge in [0, 0.05) is 68.2 Å². The average molecular weight is 846 g/mol. The van der Waals surface area contributed by atoms with Gasteiger partial charge in [0.05, 0.1) is 38.0 Å². The lowest BCUT2D eigenvalue weighted by molar-refractivity contribution is -0.142. The minimum atomic E-state index is -0.726. The van der Waals surface area contributed by atoms with Gasteiger partial charge in [-0.05, 0) is 126 Å². The summed E-state index contributed by atoms with van der Waals surface area (Å²) in [5.74, 6) is -0.113. The maximum absolute atomic E-state index is 13.6. The summed E-state index contributed by atoms with van der Waals surface area (Å²) in [7, 11) is 6.01. The summed E-state index contributed by atoms with van der Waals surface area (Å²) >= 11 is 12.8. The number of halogens is 4. The topological polar surface area (TPSA) is 125 Å². The summed E-state index contributed by atoms with van der Waals surface area (Å²) in [6, 6.07) is 20.5. The number of carbonyl (C=O) groups excluding carboxylic acids is 1. The Morgan fingerprint density at radius 2 is 1.15 bits per heavy atom. The molecule has 4 heterocycles. The van der Waals surface area contributed by atoms with Crippen LogP contribution in [0.1, 0.15) is 32.1 Å². The molecule has 2 fully saturated rings. The van der Waals surface area contributed by atoms with Crippen molar-refractivity contribution in [3.8, 4) is 22.8 Å². The molecule has 6 aromatic rings. The molecule has 8 rings (SSSR count). The Balaban J connectivity index is 0.000000184. The molecule has 0 spiro atoms. The number of anilines is 2. The van der Waals surface area contributed by atoms with Crippen LogP contribution in [-0.2, 0) is 9.59 Å². The van der Waals surface area contributed by atoms with Crippen LogP contribution in [0.2, 0.25) is 10.0 Å². The molecular weight excluding hydrogens is 797 g/mol. The van der Waals surface area contributed by atoms with Crippen LogP contribution in [0.4, 0.5) is 20.2 Å². The number of carboxylic acids is 1. The van der Waals surface area contributed by atoms with Crippen LogP contribution in [0.5, 0.6) is 0 Å². The van der Waals surface area contributed by atoms with Crippen LogP contribution in [0.3, 0.4) is 0 Å². The van der Waals surface area contributed by atoms with Gasteiger partial charge in [0.1, 0.15) is 23.3 Å². The molecular formula is C44H48Cl2F2N8O3. The van der Waals surface area contributed by atoms with Gasteiger partial charge in [0.2, 0.25) is 5.91 Å². The lowest BCUT2D eigenvalue weighted by atomic mass is 9.94. The molecule has 0 unspecified atom stereocenters.